The summed E-state index contributed by atoms with van der Waals surface area (Å²) in [5, 5.41) is 8.98. The minimum atomic E-state index is -0.662. The number of rotatable bonds is 2. The third-order valence-electron chi connectivity index (χ3n) is 1.30. The van der Waals surface area contributed by atoms with Crippen LogP contribution in [0.5, 0.6) is 11.5 Å². The monoisotopic (exact) mass is 234 g/mol. The number of phenols is 1. The fourth-order valence-electron chi connectivity index (χ4n) is 0.785. The van der Waals surface area contributed by atoms with Crippen molar-refractivity contribution in [3.8, 4) is 11.5 Å². The van der Waals surface area contributed by atoms with Crippen molar-refractivity contribution in [1.29, 1.82) is 0 Å². The van der Waals surface area contributed by atoms with Crippen LogP contribution >= 0.6 is 15.9 Å². The van der Waals surface area contributed by atoms with E-state index in [1.807, 2.05) is 6.92 Å². The molecule has 0 spiro atoms. The van der Waals surface area contributed by atoms with Gasteiger partial charge in [0.15, 0.2) is 11.6 Å². The number of ether oxygens (including phenoxy) is 1. The molecule has 0 aromatic heterocycles. The SMILES string of the molecule is CCOc1cc(O)c(F)cc1Br. The maximum atomic E-state index is 12.7. The second-order valence-electron chi connectivity index (χ2n) is 2.17. The zero-order valence-corrected chi connectivity index (χ0v) is 8.06. The first-order chi connectivity index (χ1) is 5.65. The Bertz CT molecular complexity index is 289. The number of phenolic OH excluding ortho intramolecular Hbond substituents is 1. The van der Waals surface area contributed by atoms with Gasteiger partial charge in [0.1, 0.15) is 5.75 Å². The Balaban J connectivity index is 3.05. The number of benzene rings is 1. The summed E-state index contributed by atoms with van der Waals surface area (Å²) in [6, 6.07) is 2.41. The second-order valence-corrected chi connectivity index (χ2v) is 3.02. The van der Waals surface area contributed by atoms with E-state index in [-0.39, 0.29) is 0 Å². The Labute approximate surface area is 78.1 Å². The van der Waals surface area contributed by atoms with Crippen LogP contribution in [-0.4, -0.2) is 11.7 Å². The molecule has 4 heteroatoms. The topological polar surface area (TPSA) is 29.5 Å². The van der Waals surface area contributed by atoms with Crippen molar-refractivity contribution >= 4 is 15.9 Å². The van der Waals surface area contributed by atoms with Crippen molar-refractivity contribution in [1.82, 2.24) is 0 Å². The molecule has 2 nitrogen and oxygen atoms in total. The van der Waals surface area contributed by atoms with E-state index in [1.54, 1.807) is 0 Å². The molecule has 0 aliphatic carbocycles. The number of hydrogen-bond donors (Lipinski definition) is 1. The molecule has 0 bridgehead atoms. The zero-order valence-electron chi connectivity index (χ0n) is 6.47. The van der Waals surface area contributed by atoms with Gasteiger partial charge >= 0.3 is 0 Å². The predicted molar refractivity (Wildman–Crippen MR) is 46.9 cm³/mol. The highest BCUT2D eigenvalue weighted by molar-refractivity contribution is 9.10. The van der Waals surface area contributed by atoms with Crippen LogP contribution in [0.1, 0.15) is 6.92 Å². The molecular weight excluding hydrogens is 227 g/mol. The van der Waals surface area contributed by atoms with Crippen molar-refractivity contribution in [3.05, 3.63) is 22.4 Å². The van der Waals surface area contributed by atoms with E-state index in [9.17, 15) is 4.39 Å². The van der Waals surface area contributed by atoms with Gasteiger partial charge in [0.05, 0.1) is 11.1 Å². The molecule has 66 valence electrons. The standard InChI is InChI=1S/C8H8BrFO2/c1-2-12-8-4-7(11)6(10)3-5(8)9/h3-4,11H,2H2,1H3. The molecular formula is C8H8BrFO2. The summed E-state index contributed by atoms with van der Waals surface area (Å²) in [6.07, 6.45) is 0. The lowest BCUT2D eigenvalue weighted by atomic mass is 10.3. The molecule has 0 fully saturated rings. The summed E-state index contributed by atoms with van der Waals surface area (Å²) >= 11 is 3.11. The van der Waals surface area contributed by atoms with E-state index in [4.69, 9.17) is 9.84 Å². The maximum absolute atomic E-state index is 12.7. The summed E-state index contributed by atoms with van der Waals surface area (Å²) in [7, 11) is 0. The summed E-state index contributed by atoms with van der Waals surface area (Å²) in [4.78, 5) is 0. The van der Waals surface area contributed by atoms with Crippen LogP contribution in [0.3, 0.4) is 0 Å². The van der Waals surface area contributed by atoms with Gasteiger partial charge in [0.2, 0.25) is 0 Å². The highest BCUT2D eigenvalue weighted by atomic mass is 79.9. The summed E-state index contributed by atoms with van der Waals surface area (Å²) in [5.41, 5.74) is 0. The number of halogens is 2. The van der Waals surface area contributed by atoms with Crippen LogP contribution in [0, 0.1) is 5.82 Å². The average Bonchev–Trinajstić information content (AvgIpc) is 2.01. The minimum absolute atomic E-state index is 0.401. The van der Waals surface area contributed by atoms with Gasteiger partial charge in [-0.3, -0.25) is 0 Å². The van der Waals surface area contributed by atoms with E-state index in [0.29, 0.717) is 16.8 Å². The lowest BCUT2D eigenvalue weighted by Crippen LogP contribution is -1.92. The lowest BCUT2D eigenvalue weighted by Gasteiger charge is -2.06. The van der Waals surface area contributed by atoms with Crippen molar-refractivity contribution in [2.24, 2.45) is 0 Å². The third kappa shape index (κ3) is 1.88. The predicted octanol–water partition coefficient (Wildman–Crippen LogP) is 2.69. The molecule has 1 aromatic carbocycles. The average molecular weight is 235 g/mol. The van der Waals surface area contributed by atoms with Gasteiger partial charge in [0.25, 0.3) is 0 Å². The highest BCUT2D eigenvalue weighted by Crippen LogP contribution is 2.31. The lowest BCUT2D eigenvalue weighted by molar-refractivity contribution is 0.333. The van der Waals surface area contributed by atoms with E-state index in [0.717, 1.165) is 0 Å². The number of hydrogen-bond acceptors (Lipinski definition) is 2. The van der Waals surface area contributed by atoms with Gasteiger partial charge in [-0.25, -0.2) is 4.39 Å². The first-order valence-electron chi connectivity index (χ1n) is 3.46. The summed E-state index contributed by atoms with van der Waals surface area (Å²) in [6.45, 7) is 2.29. The Morgan fingerprint density at radius 1 is 1.58 bits per heavy atom. The molecule has 0 radical (unpaired) electrons. The molecule has 0 saturated carbocycles. The first kappa shape index (κ1) is 9.32. The minimum Gasteiger partial charge on any atom is -0.505 e. The Morgan fingerprint density at radius 2 is 2.25 bits per heavy atom. The maximum Gasteiger partial charge on any atom is 0.166 e. The molecule has 0 heterocycles. The van der Waals surface area contributed by atoms with Gasteiger partial charge in [-0.2, -0.15) is 0 Å². The van der Waals surface area contributed by atoms with Gasteiger partial charge < -0.3 is 9.84 Å². The van der Waals surface area contributed by atoms with Gasteiger partial charge in [0, 0.05) is 6.07 Å². The van der Waals surface area contributed by atoms with Crippen LogP contribution in [0.15, 0.2) is 16.6 Å². The zero-order chi connectivity index (χ0) is 9.14. The molecule has 1 rings (SSSR count). The number of aromatic hydroxyl groups is 1. The van der Waals surface area contributed by atoms with E-state index >= 15 is 0 Å². The second kappa shape index (κ2) is 3.76. The Morgan fingerprint density at radius 3 is 2.83 bits per heavy atom. The first-order valence-corrected chi connectivity index (χ1v) is 4.25. The fraction of sp³-hybridized carbons (Fsp3) is 0.250. The smallest absolute Gasteiger partial charge is 0.166 e. The van der Waals surface area contributed by atoms with Gasteiger partial charge in [-0.15, -0.1) is 0 Å². The molecule has 0 atom stereocenters. The summed E-state index contributed by atoms with van der Waals surface area (Å²) < 4.78 is 18.3. The normalized spacial score (nSPS) is 9.92. The molecule has 1 N–H and O–H groups in total. The third-order valence-corrected chi connectivity index (χ3v) is 1.92. The van der Waals surface area contributed by atoms with E-state index < -0.39 is 11.6 Å². The summed E-state index contributed by atoms with van der Waals surface area (Å²) in [5.74, 6) is -0.622. The molecule has 0 amide bonds. The molecule has 0 unspecified atom stereocenters. The van der Waals surface area contributed by atoms with Crippen LogP contribution in [0.2, 0.25) is 0 Å². The van der Waals surface area contributed by atoms with Crippen molar-refractivity contribution in [3.63, 3.8) is 0 Å². The van der Waals surface area contributed by atoms with Crippen molar-refractivity contribution in [2.75, 3.05) is 6.61 Å². The van der Waals surface area contributed by atoms with Gasteiger partial charge in [-0.1, -0.05) is 0 Å². The molecule has 12 heavy (non-hydrogen) atoms. The molecule has 0 aliphatic rings. The Hall–Kier alpha value is -0.770. The molecule has 0 aliphatic heterocycles. The largest absolute Gasteiger partial charge is 0.505 e. The van der Waals surface area contributed by atoms with Gasteiger partial charge in [-0.05, 0) is 28.9 Å². The molecule has 0 saturated heterocycles. The van der Waals surface area contributed by atoms with Crippen LogP contribution in [0.25, 0.3) is 0 Å². The fourth-order valence-corrected chi connectivity index (χ4v) is 1.21. The molecule has 1 aromatic rings. The van der Waals surface area contributed by atoms with E-state index in [2.05, 4.69) is 15.9 Å². The highest BCUT2D eigenvalue weighted by Gasteiger charge is 2.07. The Kier molecular flexibility index (Phi) is 2.92. The van der Waals surface area contributed by atoms with Crippen LogP contribution < -0.4 is 4.74 Å². The van der Waals surface area contributed by atoms with E-state index in [1.165, 1.54) is 12.1 Å². The van der Waals surface area contributed by atoms with Crippen molar-refractivity contribution in [2.45, 2.75) is 6.92 Å². The van der Waals surface area contributed by atoms with Crippen LogP contribution in [0.4, 0.5) is 4.39 Å². The van der Waals surface area contributed by atoms with Crippen LogP contribution in [-0.2, 0) is 0 Å². The quantitative estimate of drug-likeness (QED) is 0.853. The van der Waals surface area contributed by atoms with Crippen molar-refractivity contribution < 1.29 is 14.2 Å².